The molecule has 68 heavy (non-hydrogen) atoms. The Labute approximate surface area is 417 Å². The quantitative estimate of drug-likeness (QED) is 0.103. The molecule has 13 nitrogen and oxygen atoms in total. The minimum Gasteiger partial charge on any atom is -0.378 e. The van der Waals surface area contributed by atoms with Crippen LogP contribution in [0.1, 0.15) is 98.3 Å². The van der Waals surface area contributed by atoms with Crippen molar-refractivity contribution in [2.45, 2.75) is 104 Å². The number of thiazole rings is 2. The molecule has 0 radical (unpaired) electrons. The van der Waals surface area contributed by atoms with Crippen molar-refractivity contribution in [3.63, 3.8) is 0 Å². The number of ether oxygens (including phenoxy) is 2. The van der Waals surface area contributed by atoms with Crippen LogP contribution in [0.3, 0.4) is 0 Å². The first kappa shape index (κ1) is 54.8. The fourth-order valence-electron chi connectivity index (χ4n) is 8.43. The molecule has 4 heterocycles. The van der Waals surface area contributed by atoms with Crippen LogP contribution < -0.4 is 26.2 Å². The summed E-state index contributed by atoms with van der Waals surface area (Å²) in [6.07, 6.45) is 11.0. The van der Waals surface area contributed by atoms with Gasteiger partial charge in [0.25, 0.3) is 0 Å². The zero-order valence-electron chi connectivity index (χ0n) is 39.4. The molecule has 2 saturated heterocycles. The molecule has 0 unspecified atom stereocenters. The fraction of sp³-hybridized carbons (Fsp3) is 0.551. The molecule has 19 heteroatoms. The fourth-order valence-corrected chi connectivity index (χ4v) is 10.7. The van der Waals surface area contributed by atoms with Crippen LogP contribution in [0, 0.1) is 28.9 Å². The number of nitrogens with one attached hydrogen (secondary N) is 2. The maximum absolute atomic E-state index is 13.5. The van der Waals surface area contributed by atoms with Crippen molar-refractivity contribution in [3.8, 4) is 22.5 Å². The third-order valence-corrected chi connectivity index (χ3v) is 14.5. The highest BCUT2D eigenvalue weighted by molar-refractivity contribution is 7.20. The van der Waals surface area contributed by atoms with E-state index >= 15 is 0 Å². The van der Waals surface area contributed by atoms with Crippen molar-refractivity contribution >= 4 is 89.8 Å². The second kappa shape index (κ2) is 25.7. The lowest BCUT2D eigenvalue weighted by Crippen LogP contribution is -2.45. The first-order chi connectivity index (χ1) is 31.9. The van der Waals surface area contributed by atoms with Crippen LogP contribution in [0.4, 0.5) is 29.0 Å². The number of nitrogens with zero attached hydrogens (tertiary/aromatic N) is 4. The van der Waals surface area contributed by atoms with Gasteiger partial charge in [0.1, 0.15) is 38.8 Å². The molecule has 0 atom stereocenters. The number of benzene rings is 2. The van der Waals surface area contributed by atoms with Gasteiger partial charge in [-0.3, -0.25) is 19.2 Å². The smallest absolute Gasteiger partial charge is 0.245 e. The van der Waals surface area contributed by atoms with Gasteiger partial charge >= 0.3 is 0 Å². The summed E-state index contributed by atoms with van der Waals surface area (Å²) in [5.74, 6) is 0.113. The predicted molar refractivity (Wildman–Crippen MR) is 271 cm³/mol. The van der Waals surface area contributed by atoms with E-state index in [1.54, 1.807) is 38.1 Å². The Morgan fingerprint density at radius 1 is 0.676 bits per heavy atom. The van der Waals surface area contributed by atoms with Gasteiger partial charge in [-0.2, -0.15) is 0 Å². The van der Waals surface area contributed by atoms with Crippen LogP contribution in [0.5, 0.6) is 0 Å². The topological polar surface area (TPSA) is 169 Å². The van der Waals surface area contributed by atoms with Crippen molar-refractivity contribution in [2.75, 3.05) is 73.0 Å². The number of aromatic nitrogens is 2. The molecular weight excluding hydrogens is 956 g/mol. The Hall–Kier alpha value is -4.10. The van der Waals surface area contributed by atoms with Gasteiger partial charge in [0.05, 0.1) is 37.4 Å². The lowest BCUT2D eigenvalue weighted by molar-refractivity contribution is -0.130. The van der Waals surface area contributed by atoms with Gasteiger partial charge in [-0.05, 0) is 98.7 Å². The average molecular weight is 1020 g/mol. The lowest BCUT2D eigenvalue weighted by Gasteiger charge is -2.28. The Morgan fingerprint density at radius 3 is 1.44 bits per heavy atom. The molecule has 4 fully saturated rings. The molecule has 2 aromatic carbocycles. The Morgan fingerprint density at radius 2 is 1.06 bits per heavy atom. The van der Waals surface area contributed by atoms with E-state index in [1.807, 2.05) is 13.8 Å². The molecule has 0 bridgehead atoms. The zero-order chi connectivity index (χ0) is 48.1. The van der Waals surface area contributed by atoms with Gasteiger partial charge < -0.3 is 35.6 Å². The van der Waals surface area contributed by atoms with Crippen LogP contribution >= 0.6 is 46.7 Å². The van der Waals surface area contributed by atoms with Gasteiger partial charge in [0.15, 0.2) is 10.3 Å². The molecule has 2 aromatic heterocycles. The summed E-state index contributed by atoms with van der Waals surface area (Å²) in [5, 5.41) is 8.37. The summed E-state index contributed by atoms with van der Waals surface area (Å²) in [6.45, 7) is 12.4. The first-order valence-electron chi connectivity index (χ1n) is 23.3. The molecule has 4 N–H and O–H groups in total. The van der Waals surface area contributed by atoms with Crippen molar-refractivity contribution in [2.24, 2.45) is 23.0 Å². The molecule has 0 spiro atoms. The van der Waals surface area contributed by atoms with Crippen molar-refractivity contribution in [3.05, 3.63) is 60.2 Å². The Kier molecular flexibility index (Phi) is 20.7. The molecule has 2 amide bonds. The number of hydrogen-bond acceptors (Lipinski definition) is 13. The third kappa shape index (κ3) is 16.2. The number of morpholine rings is 2. The van der Waals surface area contributed by atoms with E-state index in [0.717, 1.165) is 65.8 Å². The van der Waals surface area contributed by atoms with Gasteiger partial charge in [0, 0.05) is 56.6 Å². The maximum atomic E-state index is 13.5. The van der Waals surface area contributed by atoms with Gasteiger partial charge in [-0.15, -0.1) is 12.4 Å². The molecule has 2 saturated carbocycles. The molecule has 372 valence electrons. The number of hydrogen-bond donors (Lipinski definition) is 3. The zero-order valence-corrected chi connectivity index (χ0v) is 42.6. The number of ketones is 1. The van der Waals surface area contributed by atoms with Crippen LogP contribution in [0.15, 0.2) is 48.5 Å². The van der Waals surface area contributed by atoms with E-state index < -0.39 is 11.0 Å². The number of nitrogens with two attached hydrogens (primary N) is 1. The summed E-state index contributed by atoms with van der Waals surface area (Å²) in [5.41, 5.74) is 7.04. The molecule has 2 aliphatic heterocycles. The summed E-state index contributed by atoms with van der Waals surface area (Å²) >= 11 is 8.01. The SMILES string of the molecule is CC(C)(CC(=O)CC1CCCC1)C(=O)Nc1nc(-c2ccc(F)cc2)c(N2CCOCC2)s1.CC(C)(N)C(=O)Nc1nc(-c2ccc(F)cc2)c(N2CCOCC2)s1.Cl.O=C(Cl)CC1CCCC1. The van der Waals surface area contributed by atoms with Crippen LogP contribution in [-0.4, -0.2) is 91.0 Å². The van der Waals surface area contributed by atoms with Crippen molar-refractivity contribution in [1.82, 2.24) is 9.97 Å². The minimum atomic E-state index is -0.999. The molecule has 2 aliphatic carbocycles. The van der Waals surface area contributed by atoms with Crippen LogP contribution in [0.2, 0.25) is 0 Å². The monoisotopic (exact) mass is 1020 g/mol. The van der Waals surface area contributed by atoms with E-state index in [2.05, 4.69) is 25.4 Å². The Bertz CT molecular complexity index is 2270. The first-order valence-corrected chi connectivity index (χ1v) is 25.3. The van der Waals surface area contributed by atoms with Crippen molar-refractivity contribution < 1.29 is 37.4 Å². The average Bonchev–Trinajstić information content (AvgIpc) is 4.14. The Balaban J connectivity index is 0.000000217. The second-order valence-corrected chi connectivity index (χ2v) is 21.2. The highest BCUT2D eigenvalue weighted by Gasteiger charge is 2.33. The summed E-state index contributed by atoms with van der Waals surface area (Å²) in [7, 11) is 0. The third-order valence-electron chi connectivity index (χ3n) is 12.2. The minimum absolute atomic E-state index is 0. The highest BCUT2D eigenvalue weighted by Crippen LogP contribution is 2.41. The summed E-state index contributed by atoms with van der Waals surface area (Å²) in [6, 6.07) is 12.4. The lowest BCUT2D eigenvalue weighted by atomic mass is 9.84. The molecule has 4 aliphatic rings. The van der Waals surface area contributed by atoms with E-state index in [9.17, 15) is 28.0 Å². The van der Waals surface area contributed by atoms with E-state index in [0.29, 0.717) is 67.1 Å². The number of carbonyl (C=O) groups is 4. The molecular formula is C49H65Cl2F2N7O6S2. The van der Waals surface area contributed by atoms with E-state index in [-0.39, 0.29) is 53.3 Å². The van der Waals surface area contributed by atoms with Crippen LogP contribution in [0.25, 0.3) is 22.5 Å². The number of anilines is 4. The standard InChI is InChI=1S/C25H32FN3O3S.C17H21FN4O2S.C7H11ClO.ClH/c1-25(2,16-20(30)15-17-5-3-4-6-17)23(31)28-24-27-21(18-7-9-19(26)10-8-18)22(33-24)29-11-13-32-14-12-29;1-17(2,19)15(23)21-16-20-13(11-3-5-12(18)6-4-11)14(25-16)22-7-9-24-10-8-22;8-7(9)5-6-3-1-2-4-6;/h7-10,17H,3-6,11-16H2,1-2H3,(H,27,28,31);3-6H,7-10,19H2,1-2H3,(H,20,21,23);6H,1-5H2;1H. The van der Waals surface area contributed by atoms with Gasteiger partial charge in [-0.1, -0.05) is 75.0 Å². The number of amides is 2. The second-order valence-electron chi connectivity index (χ2n) is 18.9. The summed E-state index contributed by atoms with van der Waals surface area (Å²) in [4.78, 5) is 61.9. The largest absolute Gasteiger partial charge is 0.378 e. The molecule has 8 rings (SSSR count). The summed E-state index contributed by atoms with van der Waals surface area (Å²) < 4.78 is 37.6. The van der Waals surface area contributed by atoms with Crippen molar-refractivity contribution in [1.29, 1.82) is 0 Å². The normalized spacial score (nSPS) is 16.8. The van der Waals surface area contributed by atoms with E-state index in [1.165, 1.54) is 85.5 Å². The van der Waals surface area contributed by atoms with Gasteiger partial charge in [-0.25, -0.2) is 18.7 Å². The maximum Gasteiger partial charge on any atom is 0.245 e. The number of halogens is 4. The number of carbonyl (C=O) groups excluding carboxylic acids is 4. The van der Waals surface area contributed by atoms with Crippen LogP contribution in [-0.2, 0) is 28.7 Å². The number of Topliss-reactive ketones (excluding diaryl/α,β-unsaturated/α-hetero) is 1. The van der Waals surface area contributed by atoms with E-state index in [4.69, 9.17) is 31.8 Å². The molecule has 4 aromatic rings. The predicted octanol–water partition coefficient (Wildman–Crippen LogP) is 10.5. The number of rotatable bonds is 14. The highest BCUT2D eigenvalue weighted by atomic mass is 35.5. The van der Waals surface area contributed by atoms with Gasteiger partial charge in [0.2, 0.25) is 17.1 Å².